The molecule has 0 saturated heterocycles. The zero-order valence-corrected chi connectivity index (χ0v) is 16.8. The van der Waals surface area contributed by atoms with Gasteiger partial charge in [0.2, 0.25) is 5.91 Å². The monoisotopic (exact) mass is 369 g/mol. The maximum absolute atomic E-state index is 12.9. The molecule has 1 aromatic carbocycles. The lowest BCUT2D eigenvalue weighted by Gasteiger charge is -2.29. The van der Waals surface area contributed by atoms with Gasteiger partial charge in [-0.3, -0.25) is 14.2 Å². The molecule has 27 heavy (non-hydrogen) atoms. The van der Waals surface area contributed by atoms with Crippen molar-refractivity contribution < 1.29 is 4.79 Å². The molecule has 5 heteroatoms. The molecule has 0 N–H and O–H groups in total. The number of para-hydroxylation sites is 1. The summed E-state index contributed by atoms with van der Waals surface area (Å²) in [4.78, 5) is 32.4. The van der Waals surface area contributed by atoms with E-state index < -0.39 is 0 Å². The van der Waals surface area contributed by atoms with Gasteiger partial charge in [-0.2, -0.15) is 0 Å². The molecule has 5 nitrogen and oxygen atoms in total. The first-order chi connectivity index (χ1) is 13.1. The molecule has 0 radical (unpaired) electrons. The van der Waals surface area contributed by atoms with E-state index in [1.54, 1.807) is 4.57 Å². The minimum Gasteiger partial charge on any atom is -0.333 e. The third kappa shape index (κ3) is 4.07. The maximum atomic E-state index is 12.9. The van der Waals surface area contributed by atoms with Crippen LogP contribution in [0.5, 0.6) is 0 Å². The summed E-state index contributed by atoms with van der Waals surface area (Å²) in [5.74, 6) is 1.55. The summed E-state index contributed by atoms with van der Waals surface area (Å²) in [6.07, 6.45) is 6.70. The average molecular weight is 370 g/mol. The first-order valence-electron chi connectivity index (χ1n) is 10.4. The van der Waals surface area contributed by atoms with Crippen LogP contribution in [0.3, 0.4) is 0 Å². The second-order valence-corrected chi connectivity index (χ2v) is 7.58. The highest BCUT2D eigenvalue weighted by Crippen LogP contribution is 2.29. The van der Waals surface area contributed by atoms with Gasteiger partial charge in [-0.1, -0.05) is 37.8 Å². The van der Waals surface area contributed by atoms with Gasteiger partial charge in [0.15, 0.2) is 0 Å². The lowest BCUT2D eigenvalue weighted by Crippen LogP contribution is -2.37. The van der Waals surface area contributed by atoms with Crippen LogP contribution in [-0.2, 0) is 11.3 Å². The summed E-state index contributed by atoms with van der Waals surface area (Å²) in [7, 11) is 0. The summed E-state index contributed by atoms with van der Waals surface area (Å²) in [5, 5.41) is 0.630. The van der Waals surface area contributed by atoms with E-state index in [2.05, 4.69) is 0 Å². The second kappa shape index (κ2) is 8.68. The van der Waals surface area contributed by atoms with Gasteiger partial charge in [-0.05, 0) is 45.2 Å². The number of hydrogen-bond acceptors (Lipinski definition) is 3. The lowest BCUT2D eigenvalue weighted by molar-refractivity contribution is -0.133. The number of carbonyl (C=O) groups excluding carboxylic acids is 1. The Bertz CT molecular complexity index is 852. The highest BCUT2D eigenvalue weighted by atomic mass is 16.2. The van der Waals surface area contributed by atoms with Gasteiger partial charge in [0, 0.05) is 19.5 Å². The Morgan fingerprint density at radius 3 is 2.63 bits per heavy atom. The van der Waals surface area contributed by atoms with Crippen LogP contribution in [0.15, 0.2) is 29.1 Å². The molecular formula is C22H31N3O2. The Morgan fingerprint density at radius 2 is 1.96 bits per heavy atom. The first-order valence-corrected chi connectivity index (χ1v) is 10.4. The van der Waals surface area contributed by atoms with E-state index in [-0.39, 0.29) is 17.5 Å². The molecule has 0 bridgehead atoms. The molecule has 3 rings (SSSR count). The zero-order valence-electron chi connectivity index (χ0n) is 16.8. The van der Waals surface area contributed by atoms with Crippen molar-refractivity contribution >= 4 is 16.8 Å². The molecule has 0 spiro atoms. The van der Waals surface area contributed by atoms with Crippen molar-refractivity contribution in [3.8, 4) is 0 Å². The predicted molar refractivity (Wildman–Crippen MR) is 109 cm³/mol. The molecule has 1 unspecified atom stereocenters. The van der Waals surface area contributed by atoms with E-state index in [0.717, 1.165) is 6.42 Å². The molecule has 1 fully saturated rings. The Morgan fingerprint density at radius 1 is 1.26 bits per heavy atom. The van der Waals surface area contributed by atoms with Gasteiger partial charge in [0.05, 0.1) is 16.9 Å². The number of amides is 1. The number of rotatable bonds is 7. The molecule has 1 atom stereocenters. The van der Waals surface area contributed by atoms with Gasteiger partial charge < -0.3 is 4.90 Å². The van der Waals surface area contributed by atoms with Crippen molar-refractivity contribution in [3.05, 3.63) is 40.4 Å². The largest absolute Gasteiger partial charge is 0.333 e. The highest BCUT2D eigenvalue weighted by Gasteiger charge is 2.25. The van der Waals surface area contributed by atoms with Gasteiger partial charge in [-0.25, -0.2) is 4.98 Å². The van der Waals surface area contributed by atoms with Gasteiger partial charge in [0.1, 0.15) is 5.82 Å². The van der Waals surface area contributed by atoms with Gasteiger partial charge in [-0.15, -0.1) is 0 Å². The third-order valence-electron chi connectivity index (χ3n) is 5.95. The summed E-state index contributed by atoms with van der Waals surface area (Å²) >= 11 is 0. The topological polar surface area (TPSA) is 55.2 Å². The minimum absolute atomic E-state index is 0.0283. The molecule has 1 saturated carbocycles. The smallest absolute Gasteiger partial charge is 0.261 e. The Labute approximate surface area is 161 Å². The van der Waals surface area contributed by atoms with Crippen LogP contribution in [0.1, 0.15) is 71.2 Å². The molecular weight excluding hydrogens is 338 g/mol. The zero-order chi connectivity index (χ0) is 19.4. The van der Waals surface area contributed by atoms with E-state index in [0.29, 0.717) is 42.2 Å². The van der Waals surface area contributed by atoms with Crippen molar-refractivity contribution in [2.24, 2.45) is 5.92 Å². The fraction of sp³-hybridized carbons (Fsp3) is 0.591. The van der Waals surface area contributed by atoms with Crippen LogP contribution >= 0.6 is 0 Å². The Balaban J connectivity index is 1.86. The van der Waals surface area contributed by atoms with E-state index in [1.165, 1.54) is 25.7 Å². The molecule has 0 aliphatic heterocycles. The van der Waals surface area contributed by atoms with Gasteiger partial charge in [0.25, 0.3) is 5.56 Å². The minimum atomic E-state index is -0.219. The molecule has 1 aromatic heterocycles. The number of benzene rings is 1. The van der Waals surface area contributed by atoms with Crippen LogP contribution in [0.4, 0.5) is 0 Å². The fourth-order valence-corrected chi connectivity index (χ4v) is 4.39. The first kappa shape index (κ1) is 19.6. The molecule has 1 aliphatic carbocycles. The number of hydrogen-bond donors (Lipinski definition) is 0. The van der Waals surface area contributed by atoms with Crippen LogP contribution in [0, 0.1) is 5.92 Å². The normalized spacial score (nSPS) is 16.0. The van der Waals surface area contributed by atoms with E-state index in [9.17, 15) is 9.59 Å². The molecule has 1 aliphatic rings. The van der Waals surface area contributed by atoms with E-state index in [1.807, 2.05) is 49.9 Å². The summed E-state index contributed by atoms with van der Waals surface area (Å²) < 4.78 is 1.71. The number of fused-ring (bicyclic) bond motifs is 1. The molecule has 1 amide bonds. The summed E-state index contributed by atoms with van der Waals surface area (Å²) in [5.41, 5.74) is 0.669. The average Bonchev–Trinajstić information content (AvgIpc) is 3.20. The third-order valence-corrected chi connectivity index (χ3v) is 5.95. The van der Waals surface area contributed by atoms with Crippen LogP contribution < -0.4 is 5.56 Å². The Hall–Kier alpha value is -2.17. The van der Waals surface area contributed by atoms with Crippen molar-refractivity contribution in [1.29, 1.82) is 0 Å². The van der Waals surface area contributed by atoms with Crippen molar-refractivity contribution in [2.45, 2.75) is 71.9 Å². The van der Waals surface area contributed by atoms with E-state index >= 15 is 0 Å². The number of carbonyl (C=O) groups is 1. The van der Waals surface area contributed by atoms with Crippen molar-refractivity contribution in [3.63, 3.8) is 0 Å². The molecule has 146 valence electrons. The summed E-state index contributed by atoms with van der Waals surface area (Å²) in [6.45, 7) is 7.10. The fourth-order valence-electron chi connectivity index (χ4n) is 4.39. The molecule has 2 aromatic rings. The quantitative estimate of drug-likeness (QED) is 0.731. The molecule has 1 heterocycles. The van der Waals surface area contributed by atoms with Crippen molar-refractivity contribution in [1.82, 2.24) is 14.5 Å². The van der Waals surface area contributed by atoms with Gasteiger partial charge >= 0.3 is 0 Å². The second-order valence-electron chi connectivity index (χ2n) is 7.58. The van der Waals surface area contributed by atoms with E-state index in [4.69, 9.17) is 4.98 Å². The standard InChI is InChI=1S/C22H31N3O2/c1-4-24(20(26)15-14-17-10-6-7-11-17)16(3)21-23-19-13-9-8-12-18(19)22(27)25(21)5-2/h8-9,12-13,16-17H,4-7,10-11,14-15H2,1-3H3. The van der Waals surface area contributed by atoms with Crippen LogP contribution in [0.2, 0.25) is 0 Å². The predicted octanol–water partition coefficient (Wildman–Crippen LogP) is 4.30. The SMILES string of the molecule is CCN(C(=O)CCC1CCCC1)C(C)c1nc2ccccc2c(=O)n1CC. The number of aromatic nitrogens is 2. The maximum Gasteiger partial charge on any atom is 0.261 e. The lowest BCUT2D eigenvalue weighted by atomic mass is 10.0. The number of nitrogens with zero attached hydrogens (tertiary/aromatic N) is 3. The summed E-state index contributed by atoms with van der Waals surface area (Å²) in [6, 6.07) is 7.22. The van der Waals surface area contributed by atoms with Crippen LogP contribution in [0.25, 0.3) is 10.9 Å². The highest BCUT2D eigenvalue weighted by molar-refractivity contribution is 5.78. The van der Waals surface area contributed by atoms with Crippen molar-refractivity contribution in [2.75, 3.05) is 6.54 Å². The Kier molecular flexibility index (Phi) is 6.30. The van der Waals surface area contributed by atoms with Crippen LogP contribution in [-0.4, -0.2) is 26.9 Å².